The predicted molar refractivity (Wildman–Crippen MR) is 99.7 cm³/mol. The van der Waals surface area contributed by atoms with Crippen LogP contribution in [0.2, 0.25) is 0 Å². The van der Waals surface area contributed by atoms with Gasteiger partial charge in [-0.3, -0.25) is 14.5 Å². The number of hydrogen-bond donors (Lipinski definition) is 0. The minimum Gasteiger partial charge on any atom is -0.452 e. The normalized spacial score (nSPS) is 19.3. The van der Waals surface area contributed by atoms with E-state index in [0.29, 0.717) is 18.5 Å². The first-order valence-electron chi connectivity index (χ1n) is 8.91. The molecule has 1 atom stereocenters. The number of amides is 1. The Hall–Kier alpha value is -2.43. The van der Waals surface area contributed by atoms with Gasteiger partial charge in [-0.15, -0.1) is 0 Å². The summed E-state index contributed by atoms with van der Waals surface area (Å²) in [5.74, 6) is -0.842. The molecule has 5 nitrogen and oxygen atoms in total. The molecule has 0 saturated carbocycles. The van der Waals surface area contributed by atoms with Crippen LogP contribution in [0.15, 0.2) is 41.6 Å². The molecule has 2 rings (SSSR count). The summed E-state index contributed by atoms with van der Waals surface area (Å²) in [5.41, 5.74) is 1.06. The first-order chi connectivity index (χ1) is 12.2. The van der Waals surface area contributed by atoms with Gasteiger partial charge in [-0.25, -0.2) is 4.79 Å². The molecule has 140 valence electrons. The Labute approximate surface area is 155 Å². The van der Waals surface area contributed by atoms with Crippen LogP contribution < -0.4 is 0 Å². The third kappa shape index (κ3) is 3.71. The Bertz CT molecular complexity index is 734. The molecule has 1 unspecified atom stereocenters. The topological polar surface area (TPSA) is 63.7 Å². The fourth-order valence-corrected chi connectivity index (χ4v) is 3.70. The summed E-state index contributed by atoms with van der Waals surface area (Å²) in [6, 6.07) is 9.53. The molecule has 0 heterocycles. The van der Waals surface area contributed by atoms with Crippen LogP contribution >= 0.6 is 0 Å². The van der Waals surface area contributed by atoms with Crippen molar-refractivity contribution in [2.75, 3.05) is 14.2 Å². The number of ketones is 2. The van der Waals surface area contributed by atoms with E-state index in [2.05, 4.69) is 0 Å². The molecule has 5 heteroatoms. The fraction of sp³-hybridized carbons (Fsp3) is 0.476. The summed E-state index contributed by atoms with van der Waals surface area (Å²) >= 11 is 0. The number of carbonyl (C=O) groups excluding carboxylic acids is 3. The van der Waals surface area contributed by atoms with E-state index in [1.54, 1.807) is 7.05 Å². The summed E-state index contributed by atoms with van der Waals surface area (Å²) in [7, 11) is 2.84. The molecule has 0 fully saturated rings. The fourth-order valence-electron chi connectivity index (χ4n) is 3.70. The number of methoxy groups -OCH3 is 1. The van der Waals surface area contributed by atoms with Crippen molar-refractivity contribution in [3.8, 4) is 0 Å². The molecule has 1 amide bonds. The highest BCUT2D eigenvalue weighted by Gasteiger charge is 2.46. The molecular formula is C21H27NO4. The van der Waals surface area contributed by atoms with Gasteiger partial charge in [0, 0.05) is 19.2 Å². The molecular weight excluding hydrogens is 330 g/mol. The van der Waals surface area contributed by atoms with Crippen LogP contribution in [0.25, 0.3) is 0 Å². The predicted octanol–water partition coefficient (Wildman–Crippen LogP) is 4.09. The Morgan fingerprint density at radius 3 is 2.38 bits per heavy atom. The number of benzene rings is 1. The highest BCUT2D eigenvalue weighted by atomic mass is 16.5. The maximum atomic E-state index is 13.4. The van der Waals surface area contributed by atoms with Crippen molar-refractivity contribution in [2.24, 2.45) is 5.41 Å². The summed E-state index contributed by atoms with van der Waals surface area (Å²) in [4.78, 5) is 39.5. The highest BCUT2D eigenvalue weighted by molar-refractivity contribution is 6.23. The second-order valence-electron chi connectivity index (χ2n) is 7.40. The monoisotopic (exact) mass is 357 g/mol. The molecule has 0 N–H and O–H groups in total. The standard InChI is InChI=1S/C21H27NO4/c1-6-10-16(23)17-15(22(4)20(25)26-5)13-21(2,3)18(19(17)24)14-11-8-7-9-12-14/h7-9,11-12,18H,6,10,13H2,1-5H3. The van der Waals surface area contributed by atoms with Crippen molar-refractivity contribution >= 4 is 17.7 Å². The van der Waals surface area contributed by atoms with E-state index in [1.165, 1.54) is 12.0 Å². The number of hydrogen-bond acceptors (Lipinski definition) is 4. The maximum Gasteiger partial charge on any atom is 0.413 e. The van der Waals surface area contributed by atoms with Crippen LogP contribution in [0.4, 0.5) is 4.79 Å². The SMILES string of the molecule is CCCC(=O)C1=C(N(C)C(=O)OC)CC(C)(C)C(c2ccccc2)C1=O. The lowest BCUT2D eigenvalue weighted by atomic mass is 9.64. The zero-order valence-corrected chi connectivity index (χ0v) is 16.2. The Balaban J connectivity index is 2.62. The van der Waals surface area contributed by atoms with E-state index in [9.17, 15) is 14.4 Å². The summed E-state index contributed by atoms with van der Waals surface area (Å²) in [6.45, 7) is 5.89. The van der Waals surface area contributed by atoms with Gasteiger partial charge in [0.05, 0.1) is 18.6 Å². The average molecular weight is 357 g/mol. The lowest BCUT2D eigenvalue weighted by Crippen LogP contribution is -2.42. The average Bonchev–Trinajstić information content (AvgIpc) is 2.60. The Morgan fingerprint density at radius 2 is 1.85 bits per heavy atom. The number of ether oxygens (including phenoxy) is 1. The van der Waals surface area contributed by atoms with Crippen LogP contribution in [0.3, 0.4) is 0 Å². The van der Waals surface area contributed by atoms with Crippen molar-refractivity contribution in [3.05, 3.63) is 47.2 Å². The lowest BCUT2D eigenvalue weighted by Gasteiger charge is -2.41. The molecule has 26 heavy (non-hydrogen) atoms. The van der Waals surface area contributed by atoms with Gasteiger partial charge in [-0.05, 0) is 23.8 Å². The molecule has 1 aromatic carbocycles. The second kappa shape index (κ2) is 7.85. The van der Waals surface area contributed by atoms with Gasteiger partial charge in [0.1, 0.15) is 0 Å². The molecule has 1 aliphatic rings. The number of Topliss-reactive ketones (excluding diaryl/α,β-unsaturated/α-hetero) is 2. The van der Waals surface area contributed by atoms with Crippen LogP contribution in [0.1, 0.15) is 51.5 Å². The number of rotatable bonds is 5. The van der Waals surface area contributed by atoms with Crippen molar-refractivity contribution in [1.29, 1.82) is 0 Å². The third-order valence-electron chi connectivity index (χ3n) is 4.94. The van der Waals surface area contributed by atoms with Gasteiger partial charge >= 0.3 is 6.09 Å². The smallest absolute Gasteiger partial charge is 0.413 e. The summed E-state index contributed by atoms with van der Waals surface area (Å²) in [5, 5.41) is 0. The highest BCUT2D eigenvalue weighted by Crippen LogP contribution is 2.48. The van der Waals surface area contributed by atoms with Gasteiger partial charge in [0.25, 0.3) is 0 Å². The van der Waals surface area contributed by atoms with E-state index in [-0.39, 0.29) is 23.6 Å². The van der Waals surface area contributed by atoms with Crippen LogP contribution in [-0.2, 0) is 14.3 Å². The first kappa shape index (κ1) is 19.9. The van der Waals surface area contributed by atoms with E-state index in [1.807, 2.05) is 51.1 Å². The van der Waals surface area contributed by atoms with Crippen molar-refractivity contribution < 1.29 is 19.1 Å². The Morgan fingerprint density at radius 1 is 1.23 bits per heavy atom. The molecule has 0 bridgehead atoms. The number of carbonyl (C=O) groups is 3. The van der Waals surface area contributed by atoms with E-state index in [0.717, 1.165) is 5.56 Å². The van der Waals surface area contributed by atoms with E-state index >= 15 is 0 Å². The van der Waals surface area contributed by atoms with E-state index < -0.39 is 17.4 Å². The zero-order valence-electron chi connectivity index (χ0n) is 16.2. The summed E-state index contributed by atoms with van der Waals surface area (Å²) < 4.78 is 4.80. The molecule has 0 aliphatic heterocycles. The number of nitrogens with zero attached hydrogens (tertiary/aromatic N) is 1. The van der Waals surface area contributed by atoms with Crippen molar-refractivity contribution in [1.82, 2.24) is 4.90 Å². The second-order valence-corrected chi connectivity index (χ2v) is 7.40. The molecule has 0 aromatic heterocycles. The molecule has 0 saturated heterocycles. The van der Waals surface area contributed by atoms with Gasteiger partial charge in [-0.2, -0.15) is 0 Å². The molecule has 1 aromatic rings. The molecule has 0 radical (unpaired) electrons. The van der Waals surface area contributed by atoms with Crippen LogP contribution in [-0.4, -0.2) is 36.7 Å². The molecule has 0 spiro atoms. The van der Waals surface area contributed by atoms with Crippen LogP contribution in [0, 0.1) is 5.41 Å². The zero-order chi connectivity index (χ0) is 19.5. The van der Waals surface area contributed by atoms with Gasteiger partial charge < -0.3 is 4.74 Å². The largest absolute Gasteiger partial charge is 0.452 e. The van der Waals surface area contributed by atoms with Crippen molar-refractivity contribution in [2.45, 2.75) is 46.0 Å². The summed E-state index contributed by atoms with van der Waals surface area (Å²) in [6.07, 6.45) is 0.782. The first-order valence-corrected chi connectivity index (χ1v) is 8.91. The minimum atomic E-state index is -0.580. The van der Waals surface area contributed by atoms with E-state index in [4.69, 9.17) is 4.74 Å². The molecule has 1 aliphatic carbocycles. The quantitative estimate of drug-likeness (QED) is 0.745. The Kier molecular flexibility index (Phi) is 6.01. The van der Waals surface area contributed by atoms with Gasteiger partial charge in [0.2, 0.25) is 0 Å². The van der Waals surface area contributed by atoms with Gasteiger partial charge in [0.15, 0.2) is 11.6 Å². The number of allylic oxidation sites excluding steroid dienone is 2. The minimum absolute atomic E-state index is 0.146. The van der Waals surface area contributed by atoms with Gasteiger partial charge in [-0.1, -0.05) is 51.1 Å². The van der Waals surface area contributed by atoms with Crippen LogP contribution in [0.5, 0.6) is 0 Å². The lowest BCUT2D eigenvalue weighted by molar-refractivity contribution is -0.125. The van der Waals surface area contributed by atoms with Crippen molar-refractivity contribution in [3.63, 3.8) is 0 Å². The maximum absolute atomic E-state index is 13.4. The third-order valence-corrected chi connectivity index (χ3v) is 4.94.